The molecule has 1 aliphatic rings. The standard InChI is InChI=1S/C19H21N5O/c1-13-10-11-20-19-21-17(22-24(13)19)18(25)23(14(2)16-8-9-16)12-15-6-4-3-5-7-15/h3-7,10-11,14,16H,8-9,12H2,1-2H3. The van der Waals surface area contributed by atoms with Gasteiger partial charge < -0.3 is 4.90 Å². The van der Waals surface area contributed by atoms with E-state index in [0.717, 1.165) is 11.3 Å². The molecule has 1 amide bonds. The number of aromatic nitrogens is 4. The lowest BCUT2D eigenvalue weighted by Crippen LogP contribution is -2.40. The second-order valence-corrected chi connectivity index (χ2v) is 6.73. The SMILES string of the molecule is Cc1ccnc2nc(C(=O)N(Cc3ccccc3)C(C)C3CC3)nn12. The summed E-state index contributed by atoms with van der Waals surface area (Å²) in [5.41, 5.74) is 2.02. The number of aryl methyl sites for hydroxylation is 1. The zero-order valence-electron chi connectivity index (χ0n) is 14.5. The molecule has 25 heavy (non-hydrogen) atoms. The second kappa shape index (κ2) is 6.27. The Morgan fingerprint density at radius 2 is 2.04 bits per heavy atom. The molecule has 6 heteroatoms. The van der Waals surface area contributed by atoms with E-state index in [0.29, 0.717) is 18.2 Å². The number of carbonyl (C=O) groups is 1. The van der Waals surface area contributed by atoms with E-state index in [1.807, 2.05) is 48.2 Å². The molecule has 0 aliphatic heterocycles. The number of hydrogen-bond acceptors (Lipinski definition) is 4. The molecule has 2 aromatic heterocycles. The van der Waals surface area contributed by atoms with Gasteiger partial charge in [0.15, 0.2) is 0 Å². The van der Waals surface area contributed by atoms with Gasteiger partial charge in [-0.05, 0) is 44.2 Å². The van der Waals surface area contributed by atoms with Crippen LogP contribution in [0.15, 0.2) is 42.6 Å². The minimum absolute atomic E-state index is 0.131. The lowest BCUT2D eigenvalue weighted by Gasteiger charge is -2.28. The van der Waals surface area contributed by atoms with Crippen molar-refractivity contribution in [2.75, 3.05) is 0 Å². The Morgan fingerprint density at radius 1 is 1.28 bits per heavy atom. The van der Waals surface area contributed by atoms with Gasteiger partial charge in [0.05, 0.1) is 0 Å². The fourth-order valence-electron chi connectivity index (χ4n) is 3.14. The van der Waals surface area contributed by atoms with Crippen LogP contribution in [0.25, 0.3) is 5.78 Å². The first kappa shape index (κ1) is 15.7. The lowest BCUT2D eigenvalue weighted by atomic mass is 10.1. The number of fused-ring (bicyclic) bond motifs is 1. The van der Waals surface area contributed by atoms with Crippen LogP contribution >= 0.6 is 0 Å². The van der Waals surface area contributed by atoms with Crippen molar-refractivity contribution in [3.63, 3.8) is 0 Å². The number of benzene rings is 1. The van der Waals surface area contributed by atoms with Gasteiger partial charge in [-0.3, -0.25) is 4.79 Å². The van der Waals surface area contributed by atoms with E-state index < -0.39 is 0 Å². The highest BCUT2D eigenvalue weighted by molar-refractivity contribution is 5.91. The summed E-state index contributed by atoms with van der Waals surface area (Å²) in [5, 5.41) is 4.39. The summed E-state index contributed by atoms with van der Waals surface area (Å²) in [4.78, 5) is 23.6. The molecule has 1 atom stereocenters. The molecular formula is C19H21N5O. The van der Waals surface area contributed by atoms with Crippen LogP contribution in [-0.4, -0.2) is 36.4 Å². The Balaban J connectivity index is 1.67. The maximum Gasteiger partial charge on any atom is 0.294 e. The first-order valence-corrected chi connectivity index (χ1v) is 8.67. The van der Waals surface area contributed by atoms with Gasteiger partial charge in [-0.2, -0.15) is 4.98 Å². The van der Waals surface area contributed by atoms with Crippen LogP contribution in [-0.2, 0) is 6.54 Å². The topological polar surface area (TPSA) is 63.4 Å². The van der Waals surface area contributed by atoms with E-state index in [-0.39, 0.29) is 17.8 Å². The summed E-state index contributed by atoms with van der Waals surface area (Å²) >= 11 is 0. The van der Waals surface area contributed by atoms with E-state index in [4.69, 9.17) is 0 Å². The Kier molecular flexibility index (Phi) is 3.95. The number of carbonyl (C=O) groups excluding carboxylic acids is 1. The van der Waals surface area contributed by atoms with Crippen molar-refractivity contribution in [3.05, 3.63) is 59.7 Å². The molecule has 0 radical (unpaired) electrons. The second-order valence-electron chi connectivity index (χ2n) is 6.73. The maximum atomic E-state index is 13.2. The Morgan fingerprint density at radius 3 is 2.72 bits per heavy atom. The van der Waals surface area contributed by atoms with Crippen LogP contribution in [0.3, 0.4) is 0 Å². The Bertz CT molecular complexity index is 901. The highest BCUT2D eigenvalue weighted by Gasteiger charge is 2.35. The smallest absolute Gasteiger partial charge is 0.294 e. The molecule has 1 fully saturated rings. The third kappa shape index (κ3) is 3.12. The minimum Gasteiger partial charge on any atom is -0.329 e. The number of hydrogen-bond donors (Lipinski definition) is 0. The average Bonchev–Trinajstić information content (AvgIpc) is 3.38. The van der Waals surface area contributed by atoms with E-state index in [1.54, 1.807) is 10.7 Å². The first-order valence-electron chi connectivity index (χ1n) is 8.67. The molecule has 2 heterocycles. The van der Waals surface area contributed by atoms with Crippen molar-refractivity contribution < 1.29 is 4.79 Å². The summed E-state index contributed by atoms with van der Waals surface area (Å²) in [7, 11) is 0. The summed E-state index contributed by atoms with van der Waals surface area (Å²) in [6, 6.07) is 12.1. The molecule has 6 nitrogen and oxygen atoms in total. The number of amides is 1. The summed E-state index contributed by atoms with van der Waals surface area (Å²) in [6.07, 6.45) is 4.04. The van der Waals surface area contributed by atoms with Gasteiger partial charge in [0, 0.05) is 24.5 Å². The third-order valence-corrected chi connectivity index (χ3v) is 4.87. The van der Waals surface area contributed by atoms with Crippen LogP contribution in [0.4, 0.5) is 0 Å². The predicted octanol–water partition coefficient (Wildman–Crippen LogP) is 2.87. The largest absolute Gasteiger partial charge is 0.329 e. The van der Waals surface area contributed by atoms with Crippen molar-refractivity contribution in [2.24, 2.45) is 5.92 Å². The van der Waals surface area contributed by atoms with Crippen LogP contribution in [0.2, 0.25) is 0 Å². The van der Waals surface area contributed by atoms with Crippen molar-refractivity contribution >= 4 is 11.7 Å². The summed E-state index contributed by atoms with van der Waals surface area (Å²) in [5.74, 6) is 1.12. The fraction of sp³-hybridized carbons (Fsp3) is 0.368. The molecule has 0 saturated heterocycles. The van der Waals surface area contributed by atoms with Gasteiger partial charge in [0.1, 0.15) is 0 Å². The van der Waals surface area contributed by atoms with E-state index >= 15 is 0 Å². The molecule has 1 aliphatic carbocycles. The molecule has 4 rings (SSSR count). The van der Waals surface area contributed by atoms with Crippen LogP contribution < -0.4 is 0 Å². The first-order chi connectivity index (χ1) is 12.1. The van der Waals surface area contributed by atoms with Gasteiger partial charge in [-0.1, -0.05) is 30.3 Å². The summed E-state index contributed by atoms with van der Waals surface area (Å²) < 4.78 is 1.62. The third-order valence-electron chi connectivity index (χ3n) is 4.87. The minimum atomic E-state index is -0.131. The number of nitrogens with zero attached hydrogens (tertiary/aromatic N) is 5. The molecule has 1 unspecified atom stereocenters. The number of rotatable bonds is 5. The van der Waals surface area contributed by atoms with Gasteiger partial charge >= 0.3 is 0 Å². The maximum absolute atomic E-state index is 13.2. The molecule has 3 aromatic rings. The molecule has 128 valence electrons. The molecule has 1 aromatic carbocycles. The summed E-state index contributed by atoms with van der Waals surface area (Å²) in [6.45, 7) is 4.61. The van der Waals surface area contributed by atoms with Crippen LogP contribution in [0.5, 0.6) is 0 Å². The monoisotopic (exact) mass is 335 g/mol. The predicted molar refractivity (Wildman–Crippen MR) is 94.0 cm³/mol. The van der Waals surface area contributed by atoms with Crippen molar-refractivity contribution in [1.82, 2.24) is 24.5 Å². The van der Waals surface area contributed by atoms with Gasteiger partial charge in [0.2, 0.25) is 5.82 Å². The lowest BCUT2D eigenvalue weighted by molar-refractivity contribution is 0.0642. The van der Waals surface area contributed by atoms with Gasteiger partial charge in [-0.15, -0.1) is 5.10 Å². The molecule has 0 bridgehead atoms. The van der Waals surface area contributed by atoms with Crippen molar-refractivity contribution in [2.45, 2.75) is 39.3 Å². The molecule has 0 N–H and O–H groups in total. The van der Waals surface area contributed by atoms with Crippen molar-refractivity contribution in [3.8, 4) is 0 Å². The quantitative estimate of drug-likeness (QED) is 0.719. The fourth-order valence-corrected chi connectivity index (χ4v) is 3.14. The van der Waals surface area contributed by atoms with Crippen molar-refractivity contribution in [1.29, 1.82) is 0 Å². The van der Waals surface area contributed by atoms with E-state index in [9.17, 15) is 4.79 Å². The molecule has 1 saturated carbocycles. The normalized spacial score (nSPS) is 15.3. The van der Waals surface area contributed by atoms with Crippen LogP contribution in [0, 0.1) is 12.8 Å². The zero-order chi connectivity index (χ0) is 17.4. The molecular weight excluding hydrogens is 314 g/mol. The molecule has 0 spiro atoms. The van der Waals surface area contributed by atoms with E-state index in [2.05, 4.69) is 22.0 Å². The Labute approximate surface area is 146 Å². The zero-order valence-corrected chi connectivity index (χ0v) is 14.5. The highest BCUT2D eigenvalue weighted by Crippen LogP contribution is 2.36. The Hall–Kier alpha value is -2.76. The van der Waals surface area contributed by atoms with Gasteiger partial charge in [0.25, 0.3) is 11.7 Å². The highest BCUT2D eigenvalue weighted by atomic mass is 16.2. The average molecular weight is 335 g/mol. The van der Waals surface area contributed by atoms with Crippen LogP contribution in [0.1, 0.15) is 41.6 Å². The van der Waals surface area contributed by atoms with Gasteiger partial charge in [-0.25, -0.2) is 9.50 Å². The van der Waals surface area contributed by atoms with E-state index in [1.165, 1.54) is 12.8 Å².